The number of hydrogen-bond acceptors (Lipinski definition) is 3. The van der Waals surface area contributed by atoms with Crippen LogP contribution >= 0.6 is 11.6 Å². The van der Waals surface area contributed by atoms with Gasteiger partial charge in [-0.15, -0.1) is 0 Å². The van der Waals surface area contributed by atoms with Crippen molar-refractivity contribution in [3.05, 3.63) is 87.8 Å². The summed E-state index contributed by atoms with van der Waals surface area (Å²) in [5.41, 5.74) is 0.630. The zero-order chi connectivity index (χ0) is 17.8. The van der Waals surface area contributed by atoms with Crippen LogP contribution in [0.1, 0.15) is 17.4 Å². The lowest BCUT2D eigenvalue weighted by atomic mass is 10.1. The van der Waals surface area contributed by atoms with Crippen LogP contribution in [0.15, 0.2) is 65.8 Å². The lowest BCUT2D eigenvalue weighted by Crippen LogP contribution is -2.35. The minimum absolute atomic E-state index is 0.0613. The van der Waals surface area contributed by atoms with Crippen LogP contribution in [0.5, 0.6) is 0 Å². The van der Waals surface area contributed by atoms with Crippen molar-refractivity contribution in [3.8, 4) is 0 Å². The van der Waals surface area contributed by atoms with Crippen LogP contribution in [0.4, 0.5) is 0 Å². The van der Waals surface area contributed by atoms with Crippen LogP contribution in [0, 0.1) is 0 Å². The first kappa shape index (κ1) is 17.0. The van der Waals surface area contributed by atoms with Crippen molar-refractivity contribution >= 4 is 17.5 Å². The third-order valence-corrected chi connectivity index (χ3v) is 4.09. The van der Waals surface area contributed by atoms with E-state index in [0.29, 0.717) is 10.8 Å². The molecule has 6 nitrogen and oxygen atoms in total. The Balaban J connectivity index is 1.86. The maximum atomic E-state index is 12.5. The lowest BCUT2D eigenvalue weighted by Gasteiger charge is -2.19. The molecule has 3 aromatic rings. The maximum absolute atomic E-state index is 12.5. The number of carbonyl (C=O) groups is 1. The molecule has 1 amide bonds. The number of carbonyl (C=O) groups excluding carboxylic acids is 1. The smallest absolute Gasteiger partial charge is 0.250 e. The molecule has 0 bridgehead atoms. The Kier molecular flexibility index (Phi) is 5.00. The summed E-state index contributed by atoms with van der Waals surface area (Å²) in [5, 5.41) is 3.56. The molecule has 0 aliphatic rings. The average molecular weight is 357 g/mol. The number of rotatable bonds is 5. The SMILES string of the molecule is Cn1ccnc1[C@H](NC(=O)Cn1ccccc1=O)c1ccc(Cl)cc1. The van der Waals surface area contributed by atoms with Gasteiger partial charge in [0, 0.05) is 36.7 Å². The van der Waals surface area contributed by atoms with Gasteiger partial charge in [0.05, 0.1) is 0 Å². The molecule has 0 unspecified atom stereocenters. The van der Waals surface area contributed by atoms with Crippen molar-refractivity contribution in [3.63, 3.8) is 0 Å². The highest BCUT2D eigenvalue weighted by Crippen LogP contribution is 2.22. The fourth-order valence-electron chi connectivity index (χ4n) is 2.56. The van der Waals surface area contributed by atoms with Crippen LogP contribution < -0.4 is 10.9 Å². The number of halogens is 1. The van der Waals surface area contributed by atoms with E-state index in [1.54, 1.807) is 36.7 Å². The maximum Gasteiger partial charge on any atom is 0.250 e. The summed E-state index contributed by atoms with van der Waals surface area (Å²) in [4.78, 5) is 28.6. The first-order valence-corrected chi connectivity index (χ1v) is 8.10. The third-order valence-electron chi connectivity index (χ3n) is 3.84. The van der Waals surface area contributed by atoms with Gasteiger partial charge in [-0.05, 0) is 23.8 Å². The summed E-state index contributed by atoms with van der Waals surface area (Å²) < 4.78 is 3.20. The molecule has 0 fully saturated rings. The predicted molar refractivity (Wildman–Crippen MR) is 95.3 cm³/mol. The van der Waals surface area contributed by atoms with E-state index >= 15 is 0 Å². The Hall–Kier alpha value is -2.86. The predicted octanol–water partition coefficient (Wildman–Crippen LogP) is 2.14. The number of nitrogens with zero attached hydrogens (tertiary/aromatic N) is 3. The molecule has 0 spiro atoms. The molecule has 1 atom stereocenters. The number of aromatic nitrogens is 3. The quantitative estimate of drug-likeness (QED) is 0.761. The Bertz CT molecular complexity index is 931. The first-order valence-electron chi connectivity index (χ1n) is 7.72. The van der Waals surface area contributed by atoms with E-state index in [1.165, 1.54) is 10.6 Å². The van der Waals surface area contributed by atoms with Crippen LogP contribution in [0.25, 0.3) is 0 Å². The molecule has 1 aromatic carbocycles. The van der Waals surface area contributed by atoms with Crippen LogP contribution in [0.3, 0.4) is 0 Å². The fraction of sp³-hybridized carbons (Fsp3) is 0.167. The zero-order valence-corrected chi connectivity index (χ0v) is 14.3. The van der Waals surface area contributed by atoms with Gasteiger partial charge in [0.25, 0.3) is 5.56 Å². The van der Waals surface area contributed by atoms with Crippen molar-refractivity contribution in [2.75, 3.05) is 0 Å². The highest BCUT2D eigenvalue weighted by Gasteiger charge is 2.21. The molecule has 2 aromatic heterocycles. The summed E-state index contributed by atoms with van der Waals surface area (Å²) in [5.74, 6) is 0.410. The van der Waals surface area contributed by atoms with Gasteiger partial charge >= 0.3 is 0 Å². The minimum Gasteiger partial charge on any atom is -0.341 e. The summed E-state index contributed by atoms with van der Waals surface area (Å²) in [6, 6.07) is 11.5. The molecule has 3 rings (SSSR count). The van der Waals surface area contributed by atoms with E-state index in [2.05, 4.69) is 10.3 Å². The first-order chi connectivity index (χ1) is 12.0. The van der Waals surface area contributed by atoms with Crippen LogP contribution in [-0.2, 0) is 18.4 Å². The molecule has 25 heavy (non-hydrogen) atoms. The van der Waals surface area contributed by atoms with Gasteiger partial charge in [-0.3, -0.25) is 9.59 Å². The monoisotopic (exact) mass is 356 g/mol. The van der Waals surface area contributed by atoms with Crippen molar-refractivity contribution in [1.29, 1.82) is 0 Å². The van der Waals surface area contributed by atoms with E-state index < -0.39 is 6.04 Å². The van der Waals surface area contributed by atoms with Crippen molar-refractivity contribution in [2.45, 2.75) is 12.6 Å². The molecular weight excluding hydrogens is 340 g/mol. The van der Waals surface area contributed by atoms with Gasteiger partial charge in [-0.25, -0.2) is 4.98 Å². The van der Waals surface area contributed by atoms with E-state index in [4.69, 9.17) is 11.6 Å². The zero-order valence-electron chi connectivity index (χ0n) is 13.6. The Morgan fingerprint density at radius 2 is 1.96 bits per heavy atom. The molecule has 0 radical (unpaired) electrons. The molecule has 1 N–H and O–H groups in total. The number of benzene rings is 1. The molecule has 0 aliphatic heterocycles. The molecule has 2 heterocycles. The molecular formula is C18H17ClN4O2. The second-order valence-corrected chi connectivity index (χ2v) is 6.05. The number of nitrogens with one attached hydrogen (secondary N) is 1. The Morgan fingerprint density at radius 1 is 1.20 bits per heavy atom. The fourth-order valence-corrected chi connectivity index (χ4v) is 2.69. The van der Waals surface area contributed by atoms with Crippen molar-refractivity contribution in [1.82, 2.24) is 19.4 Å². The third kappa shape index (κ3) is 3.97. The molecule has 7 heteroatoms. The molecule has 128 valence electrons. The second-order valence-electron chi connectivity index (χ2n) is 5.62. The summed E-state index contributed by atoms with van der Waals surface area (Å²) >= 11 is 5.96. The number of imidazole rings is 1. The summed E-state index contributed by atoms with van der Waals surface area (Å²) in [7, 11) is 1.86. The normalized spacial score (nSPS) is 11.9. The number of pyridine rings is 1. The average Bonchev–Trinajstić information content (AvgIpc) is 3.01. The summed E-state index contributed by atoms with van der Waals surface area (Å²) in [6.45, 7) is -0.0613. The summed E-state index contributed by atoms with van der Waals surface area (Å²) in [6.07, 6.45) is 5.07. The van der Waals surface area contributed by atoms with Crippen molar-refractivity contribution in [2.24, 2.45) is 7.05 Å². The number of amides is 1. The second kappa shape index (κ2) is 7.36. The number of aryl methyl sites for hydroxylation is 1. The van der Waals surface area contributed by atoms with Gasteiger partial charge in [0.15, 0.2) is 0 Å². The van der Waals surface area contributed by atoms with Gasteiger partial charge in [-0.1, -0.05) is 29.8 Å². The van der Waals surface area contributed by atoms with E-state index in [9.17, 15) is 9.59 Å². The van der Waals surface area contributed by atoms with Crippen molar-refractivity contribution < 1.29 is 4.79 Å². The minimum atomic E-state index is -0.441. The van der Waals surface area contributed by atoms with Gasteiger partial charge < -0.3 is 14.5 Å². The lowest BCUT2D eigenvalue weighted by molar-refractivity contribution is -0.122. The highest BCUT2D eigenvalue weighted by atomic mass is 35.5. The van der Waals surface area contributed by atoms with E-state index in [1.807, 2.05) is 29.9 Å². The topological polar surface area (TPSA) is 68.9 Å². The van der Waals surface area contributed by atoms with E-state index in [0.717, 1.165) is 5.56 Å². The molecule has 0 saturated heterocycles. The highest BCUT2D eigenvalue weighted by molar-refractivity contribution is 6.30. The Labute approximate surface area is 149 Å². The Morgan fingerprint density at radius 3 is 2.60 bits per heavy atom. The van der Waals surface area contributed by atoms with E-state index in [-0.39, 0.29) is 18.0 Å². The molecule has 0 saturated carbocycles. The number of hydrogen-bond donors (Lipinski definition) is 1. The molecule has 0 aliphatic carbocycles. The van der Waals surface area contributed by atoms with Gasteiger partial charge in [0.1, 0.15) is 18.4 Å². The standard InChI is InChI=1S/C18H17ClN4O2/c1-22-11-9-20-18(22)17(13-5-7-14(19)8-6-13)21-15(24)12-23-10-3-2-4-16(23)25/h2-11,17H,12H2,1H3,(H,21,24)/t17-/m1/s1. The van der Waals surface area contributed by atoms with Crippen LogP contribution in [0.2, 0.25) is 5.02 Å². The van der Waals surface area contributed by atoms with Gasteiger partial charge in [-0.2, -0.15) is 0 Å². The van der Waals surface area contributed by atoms with Crippen LogP contribution in [-0.4, -0.2) is 20.0 Å². The van der Waals surface area contributed by atoms with Gasteiger partial charge in [0.2, 0.25) is 5.91 Å². The largest absolute Gasteiger partial charge is 0.341 e.